The van der Waals surface area contributed by atoms with E-state index in [1.807, 2.05) is 0 Å². The summed E-state index contributed by atoms with van der Waals surface area (Å²) in [5.41, 5.74) is 0. The van der Waals surface area contributed by atoms with Gasteiger partial charge in [-0.05, 0) is 50.6 Å². The molecule has 0 N–H and O–H groups in total. The minimum absolute atomic E-state index is 1.05. The molecular weight excluding hydrogens is 158 g/mol. The first-order chi connectivity index (χ1) is 6.29. The fourth-order valence-electron chi connectivity index (χ4n) is 3.44. The number of nitrogens with zero attached hydrogens (tertiary/aromatic N) is 1. The van der Waals surface area contributed by atoms with Gasteiger partial charge in [-0.1, -0.05) is 19.8 Å². The van der Waals surface area contributed by atoms with E-state index in [-0.39, 0.29) is 0 Å². The summed E-state index contributed by atoms with van der Waals surface area (Å²) in [6.45, 7) is 5.05. The first-order valence-electron chi connectivity index (χ1n) is 5.98. The molecule has 0 aromatic heterocycles. The molecule has 2 aliphatic rings. The van der Waals surface area contributed by atoms with Crippen molar-refractivity contribution in [3.8, 4) is 0 Å². The van der Waals surface area contributed by atoms with Gasteiger partial charge in [-0.15, -0.1) is 0 Å². The summed E-state index contributed by atoms with van der Waals surface area (Å²) >= 11 is 0. The Kier molecular flexibility index (Phi) is 2.92. The molecule has 1 nitrogen and oxygen atoms in total. The van der Waals surface area contributed by atoms with E-state index in [2.05, 4.69) is 18.9 Å². The second-order valence-electron chi connectivity index (χ2n) is 5.20. The van der Waals surface area contributed by atoms with E-state index in [0.717, 1.165) is 17.8 Å². The van der Waals surface area contributed by atoms with Crippen LogP contribution in [0.25, 0.3) is 0 Å². The molecule has 0 bridgehead atoms. The van der Waals surface area contributed by atoms with E-state index < -0.39 is 0 Å². The molecule has 2 rings (SSSR count). The Bertz CT molecular complexity index is 167. The molecule has 0 amide bonds. The van der Waals surface area contributed by atoms with Crippen LogP contribution in [0.5, 0.6) is 0 Å². The maximum atomic E-state index is 2.52. The summed E-state index contributed by atoms with van der Waals surface area (Å²) < 4.78 is 0. The summed E-state index contributed by atoms with van der Waals surface area (Å²) in [5, 5.41) is 0. The van der Waals surface area contributed by atoms with Crippen LogP contribution in [0.4, 0.5) is 0 Å². The molecule has 1 saturated carbocycles. The van der Waals surface area contributed by atoms with Crippen LogP contribution in [-0.4, -0.2) is 25.0 Å². The van der Waals surface area contributed by atoms with Crippen molar-refractivity contribution in [3.05, 3.63) is 0 Å². The Morgan fingerprint density at radius 2 is 2.00 bits per heavy atom. The smallest absolute Gasteiger partial charge is 0.000937 e. The molecule has 0 radical (unpaired) electrons. The van der Waals surface area contributed by atoms with E-state index >= 15 is 0 Å². The van der Waals surface area contributed by atoms with Gasteiger partial charge in [0.05, 0.1) is 0 Å². The molecule has 0 spiro atoms. The van der Waals surface area contributed by atoms with Crippen LogP contribution in [0.3, 0.4) is 0 Å². The van der Waals surface area contributed by atoms with E-state index in [0.29, 0.717) is 0 Å². The second kappa shape index (κ2) is 4.00. The first-order valence-corrected chi connectivity index (χ1v) is 5.98. The molecule has 1 heterocycles. The summed E-state index contributed by atoms with van der Waals surface area (Å²) in [7, 11) is 2.28. The molecule has 1 heteroatoms. The van der Waals surface area contributed by atoms with Gasteiger partial charge in [0.2, 0.25) is 0 Å². The monoisotopic (exact) mass is 181 g/mol. The molecule has 1 aliphatic heterocycles. The van der Waals surface area contributed by atoms with Crippen LogP contribution >= 0.6 is 0 Å². The maximum absolute atomic E-state index is 2.52. The summed E-state index contributed by atoms with van der Waals surface area (Å²) in [4.78, 5) is 2.52. The minimum Gasteiger partial charge on any atom is -0.306 e. The van der Waals surface area contributed by atoms with E-state index in [1.165, 1.54) is 38.8 Å². The lowest BCUT2D eigenvalue weighted by molar-refractivity contribution is 0.166. The standard InChI is InChI=1S/C12H23N/c1-3-4-10-7-11-5-6-13(2)9-12(11)8-10/h10-12H,3-9H2,1-2H3/t10?,11-,12-/m0/s1. The quantitative estimate of drug-likeness (QED) is 0.633. The predicted molar refractivity (Wildman–Crippen MR) is 56.7 cm³/mol. The zero-order valence-corrected chi connectivity index (χ0v) is 9.13. The highest BCUT2D eigenvalue weighted by molar-refractivity contribution is 4.88. The third-order valence-corrected chi connectivity index (χ3v) is 4.06. The van der Waals surface area contributed by atoms with E-state index in [9.17, 15) is 0 Å². The molecule has 0 aromatic carbocycles. The molecule has 0 aromatic rings. The molecule has 1 aliphatic carbocycles. The maximum Gasteiger partial charge on any atom is 0.000937 e. The number of hydrogen-bond donors (Lipinski definition) is 0. The van der Waals surface area contributed by atoms with Crippen molar-refractivity contribution in [2.75, 3.05) is 20.1 Å². The molecule has 1 unspecified atom stereocenters. The SMILES string of the molecule is CCCC1C[C@@H]2CCN(C)C[C@@H]2C1. The molecular formula is C12H23N. The van der Waals surface area contributed by atoms with Crippen molar-refractivity contribution in [1.82, 2.24) is 4.90 Å². The first kappa shape index (κ1) is 9.51. The number of likely N-dealkylation sites (tertiary alicyclic amines) is 1. The summed E-state index contributed by atoms with van der Waals surface area (Å²) in [5.74, 6) is 3.22. The van der Waals surface area contributed by atoms with Crippen molar-refractivity contribution in [3.63, 3.8) is 0 Å². The van der Waals surface area contributed by atoms with Gasteiger partial charge in [-0.3, -0.25) is 0 Å². The number of hydrogen-bond acceptors (Lipinski definition) is 1. The average Bonchev–Trinajstić information content (AvgIpc) is 2.46. The van der Waals surface area contributed by atoms with Crippen LogP contribution in [-0.2, 0) is 0 Å². The number of rotatable bonds is 2. The van der Waals surface area contributed by atoms with Crippen LogP contribution in [0, 0.1) is 17.8 Å². The lowest BCUT2D eigenvalue weighted by atomic mass is 9.89. The number of fused-ring (bicyclic) bond motifs is 1. The van der Waals surface area contributed by atoms with Gasteiger partial charge in [0.25, 0.3) is 0 Å². The van der Waals surface area contributed by atoms with Gasteiger partial charge < -0.3 is 4.90 Å². The zero-order chi connectivity index (χ0) is 9.26. The average molecular weight is 181 g/mol. The highest BCUT2D eigenvalue weighted by Gasteiger charge is 2.36. The minimum atomic E-state index is 1.05. The van der Waals surface area contributed by atoms with Gasteiger partial charge in [-0.2, -0.15) is 0 Å². The molecule has 2 fully saturated rings. The Hall–Kier alpha value is -0.0400. The summed E-state index contributed by atoms with van der Waals surface area (Å²) in [6.07, 6.45) is 7.42. The van der Waals surface area contributed by atoms with Gasteiger partial charge >= 0.3 is 0 Å². The highest BCUT2D eigenvalue weighted by atomic mass is 15.1. The van der Waals surface area contributed by atoms with Crippen molar-refractivity contribution in [2.45, 2.75) is 39.0 Å². The zero-order valence-electron chi connectivity index (χ0n) is 9.13. The fraction of sp³-hybridized carbons (Fsp3) is 1.00. The van der Waals surface area contributed by atoms with Gasteiger partial charge in [0.15, 0.2) is 0 Å². The third-order valence-electron chi connectivity index (χ3n) is 4.06. The lowest BCUT2D eigenvalue weighted by Gasteiger charge is -2.32. The van der Waals surface area contributed by atoms with Crippen LogP contribution in [0.1, 0.15) is 39.0 Å². The van der Waals surface area contributed by atoms with Crippen molar-refractivity contribution < 1.29 is 0 Å². The van der Waals surface area contributed by atoms with E-state index in [4.69, 9.17) is 0 Å². The summed E-state index contributed by atoms with van der Waals surface area (Å²) in [6, 6.07) is 0. The van der Waals surface area contributed by atoms with Crippen LogP contribution < -0.4 is 0 Å². The largest absolute Gasteiger partial charge is 0.306 e. The van der Waals surface area contributed by atoms with Gasteiger partial charge in [0.1, 0.15) is 0 Å². The molecule has 3 atom stereocenters. The van der Waals surface area contributed by atoms with Gasteiger partial charge in [-0.25, -0.2) is 0 Å². The Morgan fingerprint density at radius 1 is 1.23 bits per heavy atom. The topological polar surface area (TPSA) is 3.24 Å². The molecule has 1 saturated heterocycles. The predicted octanol–water partition coefficient (Wildman–Crippen LogP) is 2.76. The Morgan fingerprint density at radius 3 is 2.77 bits per heavy atom. The number of piperidine rings is 1. The third kappa shape index (κ3) is 2.07. The van der Waals surface area contributed by atoms with Crippen LogP contribution in [0.2, 0.25) is 0 Å². The second-order valence-corrected chi connectivity index (χ2v) is 5.20. The highest BCUT2D eigenvalue weighted by Crippen LogP contribution is 2.42. The van der Waals surface area contributed by atoms with Crippen molar-refractivity contribution >= 4 is 0 Å². The molecule has 76 valence electrons. The van der Waals surface area contributed by atoms with Crippen molar-refractivity contribution in [1.29, 1.82) is 0 Å². The fourth-order valence-corrected chi connectivity index (χ4v) is 3.44. The Balaban J connectivity index is 1.87. The van der Waals surface area contributed by atoms with Gasteiger partial charge in [0, 0.05) is 6.54 Å². The van der Waals surface area contributed by atoms with Crippen LogP contribution in [0.15, 0.2) is 0 Å². The van der Waals surface area contributed by atoms with Crippen molar-refractivity contribution in [2.24, 2.45) is 17.8 Å². The van der Waals surface area contributed by atoms with E-state index in [1.54, 1.807) is 6.42 Å². The lowest BCUT2D eigenvalue weighted by Crippen LogP contribution is -2.35. The Labute approximate surface area is 82.5 Å². The normalized spacial score (nSPS) is 40.6. The molecule has 13 heavy (non-hydrogen) atoms.